The summed E-state index contributed by atoms with van der Waals surface area (Å²) in [5, 5.41) is -0.149. The van der Waals surface area contributed by atoms with Crippen LogP contribution in [0.5, 0.6) is 0 Å². The number of benzene rings is 1. The van der Waals surface area contributed by atoms with Crippen molar-refractivity contribution in [2.75, 3.05) is 10.5 Å². The van der Waals surface area contributed by atoms with Crippen LogP contribution in [0.3, 0.4) is 0 Å². The van der Waals surface area contributed by atoms with Gasteiger partial charge in [0.2, 0.25) is 10.0 Å². The first-order valence-electron chi connectivity index (χ1n) is 4.62. The van der Waals surface area contributed by atoms with Gasteiger partial charge in [-0.3, -0.25) is 4.72 Å². The number of anilines is 1. The lowest BCUT2D eigenvalue weighted by Gasteiger charge is -2.10. The molecule has 0 spiro atoms. The van der Waals surface area contributed by atoms with E-state index in [1.54, 1.807) is 6.92 Å². The number of halogens is 4. The summed E-state index contributed by atoms with van der Waals surface area (Å²) in [6, 6.07) is 0.729. The molecule has 0 aliphatic heterocycles. The minimum Gasteiger partial charge on any atom is -0.282 e. The lowest BCUT2D eigenvalue weighted by Crippen LogP contribution is -2.17. The van der Waals surface area contributed by atoms with Gasteiger partial charge in [-0.25, -0.2) is 17.2 Å². The Morgan fingerprint density at radius 1 is 1.47 bits per heavy atom. The van der Waals surface area contributed by atoms with E-state index in [2.05, 4.69) is 4.72 Å². The Morgan fingerprint density at radius 3 is 2.59 bits per heavy atom. The van der Waals surface area contributed by atoms with Crippen LogP contribution in [0.25, 0.3) is 0 Å². The van der Waals surface area contributed by atoms with Crippen molar-refractivity contribution in [1.29, 1.82) is 0 Å². The third-order valence-electron chi connectivity index (χ3n) is 1.84. The lowest BCUT2D eigenvalue weighted by molar-refractivity contribution is 0.504. The Bertz CT molecular complexity index is 536. The van der Waals surface area contributed by atoms with E-state index >= 15 is 0 Å². The zero-order valence-corrected chi connectivity index (χ0v) is 12.5. The molecular weight excluding hydrogens is 387 g/mol. The highest BCUT2D eigenvalue weighted by Gasteiger charge is 2.18. The van der Waals surface area contributed by atoms with Gasteiger partial charge in [-0.05, 0) is 29.0 Å². The highest BCUT2D eigenvalue weighted by atomic mass is 127. The molecule has 0 amide bonds. The molecule has 1 aromatic carbocycles. The number of nitrogens with one attached hydrogen (secondary N) is 1. The lowest BCUT2D eigenvalue weighted by atomic mass is 10.3. The molecule has 1 N–H and O–H groups in total. The third-order valence-corrected chi connectivity index (χ3v) is 5.04. The van der Waals surface area contributed by atoms with E-state index in [0.29, 0.717) is 6.42 Å². The Morgan fingerprint density at radius 2 is 2.06 bits per heavy atom. The molecule has 0 saturated heterocycles. The van der Waals surface area contributed by atoms with Crippen LogP contribution in [0.2, 0.25) is 5.02 Å². The predicted molar refractivity (Wildman–Crippen MR) is 71.8 cm³/mol. The fourth-order valence-corrected chi connectivity index (χ4v) is 3.06. The second-order valence-electron chi connectivity index (χ2n) is 3.27. The van der Waals surface area contributed by atoms with Crippen LogP contribution in [-0.4, -0.2) is 14.2 Å². The molecule has 3 nitrogen and oxygen atoms in total. The molecule has 0 aliphatic carbocycles. The Kier molecular flexibility index (Phi) is 4.96. The van der Waals surface area contributed by atoms with Gasteiger partial charge in [-0.2, -0.15) is 0 Å². The highest BCUT2D eigenvalue weighted by molar-refractivity contribution is 14.1. The van der Waals surface area contributed by atoms with E-state index in [1.165, 1.54) is 22.6 Å². The minimum atomic E-state index is -3.58. The average molecular weight is 396 g/mol. The Hall–Kier alpha value is -0.150. The van der Waals surface area contributed by atoms with Crippen LogP contribution in [0.1, 0.15) is 13.3 Å². The number of hydrogen-bond donors (Lipinski definition) is 1. The van der Waals surface area contributed by atoms with E-state index in [9.17, 15) is 17.2 Å². The van der Waals surface area contributed by atoms with E-state index in [-0.39, 0.29) is 20.0 Å². The minimum absolute atomic E-state index is 0.112. The zero-order valence-electron chi connectivity index (χ0n) is 8.73. The smallest absolute Gasteiger partial charge is 0.232 e. The molecular formula is C9H9ClF2INO2S. The fraction of sp³-hybridized carbons (Fsp3) is 0.333. The molecule has 1 rings (SSSR count). The van der Waals surface area contributed by atoms with Gasteiger partial charge in [-0.15, -0.1) is 0 Å². The van der Waals surface area contributed by atoms with Gasteiger partial charge in [0, 0.05) is 6.07 Å². The first-order valence-corrected chi connectivity index (χ1v) is 7.73. The normalized spacial score (nSPS) is 11.6. The van der Waals surface area contributed by atoms with Crippen molar-refractivity contribution in [2.45, 2.75) is 13.3 Å². The van der Waals surface area contributed by atoms with Gasteiger partial charge in [-0.1, -0.05) is 18.5 Å². The molecule has 0 aliphatic rings. The first kappa shape index (κ1) is 14.9. The highest BCUT2D eigenvalue weighted by Crippen LogP contribution is 2.31. The van der Waals surface area contributed by atoms with Gasteiger partial charge >= 0.3 is 0 Å². The fourth-order valence-electron chi connectivity index (χ4n) is 1.13. The largest absolute Gasteiger partial charge is 0.282 e. The quantitative estimate of drug-likeness (QED) is 0.483. The second kappa shape index (κ2) is 5.66. The predicted octanol–water partition coefficient (Wildman–Crippen LogP) is 3.37. The molecule has 0 aromatic heterocycles. The van der Waals surface area contributed by atoms with Crippen molar-refractivity contribution in [2.24, 2.45) is 0 Å². The molecule has 1 aromatic rings. The standard InChI is InChI=1S/C9H9ClF2INO2S/c1-2-3-17(15,16)14-6-4-5(11)8(12)9(13)7(6)10/h4,14H,2-3H2,1H3. The van der Waals surface area contributed by atoms with Crippen molar-refractivity contribution in [3.63, 3.8) is 0 Å². The maximum atomic E-state index is 13.1. The van der Waals surface area contributed by atoms with Gasteiger partial charge in [0.25, 0.3) is 0 Å². The van der Waals surface area contributed by atoms with Crippen molar-refractivity contribution < 1.29 is 17.2 Å². The van der Waals surface area contributed by atoms with Gasteiger partial charge in [0.15, 0.2) is 11.6 Å². The van der Waals surface area contributed by atoms with Gasteiger partial charge < -0.3 is 0 Å². The van der Waals surface area contributed by atoms with Crippen molar-refractivity contribution in [3.05, 3.63) is 26.3 Å². The first-order chi connectivity index (χ1) is 7.78. The molecule has 8 heteroatoms. The van der Waals surface area contributed by atoms with E-state index in [4.69, 9.17) is 11.6 Å². The summed E-state index contributed by atoms with van der Waals surface area (Å²) in [4.78, 5) is 0. The third kappa shape index (κ3) is 3.65. The van der Waals surface area contributed by atoms with Crippen LogP contribution in [-0.2, 0) is 10.0 Å². The van der Waals surface area contributed by atoms with Gasteiger partial charge in [0.1, 0.15) is 0 Å². The number of rotatable bonds is 4. The van der Waals surface area contributed by atoms with E-state index in [1.807, 2.05) is 0 Å². The average Bonchev–Trinajstić information content (AvgIpc) is 2.22. The SMILES string of the molecule is CCCS(=O)(=O)Nc1cc(F)c(F)c(I)c1Cl. The molecule has 0 fully saturated rings. The topological polar surface area (TPSA) is 46.2 Å². The van der Waals surface area contributed by atoms with Crippen LogP contribution in [0, 0.1) is 15.2 Å². The summed E-state index contributed by atoms with van der Waals surface area (Å²) in [6.45, 7) is 1.69. The maximum Gasteiger partial charge on any atom is 0.232 e. The number of sulfonamides is 1. The van der Waals surface area contributed by atoms with Gasteiger partial charge in [0.05, 0.1) is 20.0 Å². The van der Waals surface area contributed by atoms with E-state index < -0.39 is 21.7 Å². The van der Waals surface area contributed by atoms with Crippen molar-refractivity contribution in [1.82, 2.24) is 0 Å². The monoisotopic (exact) mass is 395 g/mol. The van der Waals surface area contributed by atoms with Crippen molar-refractivity contribution in [3.8, 4) is 0 Å². The summed E-state index contributed by atoms with van der Waals surface area (Å²) >= 11 is 7.25. The summed E-state index contributed by atoms with van der Waals surface area (Å²) in [5.74, 6) is -2.35. The maximum absolute atomic E-state index is 13.1. The Labute approximate surface area is 117 Å². The summed E-state index contributed by atoms with van der Waals surface area (Å²) in [5.41, 5.74) is -0.150. The molecule has 0 bridgehead atoms. The molecule has 0 atom stereocenters. The molecule has 96 valence electrons. The van der Waals surface area contributed by atoms with Crippen LogP contribution >= 0.6 is 34.2 Å². The molecule has 17 heavy (non-hydrogen) atoms. The molecule has 0 unspecified atom stereocenters. The summed E-state index contributed by atoms with van der Waals surface area (Å²) in [6.07, 6.45) is 0.410. The second-order valence-corrected chi connectivity index (χ2v) is 6.57. The molecule has 0 heterocycles. The number of hydrogen-bond acceptors (Lipinski definition) is 2. The zero-order chi connectivity index (χ0) is 13.2. The van der Waals surface area contributed by atoms with Crippen LogP contribution < -0.4 is 4.72 Å². The molecule has 0 saturated carbocycles. The van der Waals surface area contributed by atoms with E-state index in [0.717, 1.165) is 6.07 Å². The summed E-state index contributed by atoms with van der Waals surface area (Å²) < 4.78 is 51.1. The molecule has 0 radical (unpaired) electrons. The summed E-state index contributed by atoms with van der Waals surface area (Å²) in [7, 11) is -3.58. The van der Waals surface area contributed by atoms with Crippen LogP contribution in [0.4, 0.5) is 14.5 Å². The van der Waals surface area contributed by atoms with Crippen molar-refractivity contribution >= 4 is 49.9 Å². The van der Waals surface area contributed by atoms with Crippen LogP contribution in [0.15, 0.2) is 6.07 Å². The Balaban J connectivity index is 3.17.